The molecule has 0 aromatic heterocycles. The van der Waals surface area contributed by atoms with Gasteiger partial charge in [-0.15, -0.1) is 0 Å². The van der Waals surface area contributed by atoms with Crippen molar-refractivity contribution < 1.29 is 5.11 Å². The molecule has 1 aliphatic carbocycles. The van der Waals surface area contributed by atoms with Crippen LogP contribution in [0.3, 0.4) is 0 Å². The van der Waals surface area contributed by atoms with Gasteiger partial charge in [0, 0.05) is 9.13 Å². The van der Waals surface area contributed by atoms with Gasteiger partial charge in [0.05, 0.1) is 0 Å². The third-order valence-corrected chi connectivity index (χ3v) is 4.80. The Kier molecular flexibility index (Phi) is 3.08. The molecule has 0 saturated carbocycles. The lowest BCUT2D eigenvalue weighted by molar-refractivity contribution is 0.226. The van der Waals surface area contributed by atoms with E-state index in [2.05, 4.69) is 71.1 Å². The van der Waals surface area contributed by atoms with Crippen LogP contribution in [-0.2, 0) is 0 Å². The average molecular weight is 384 g/mol. The van der Waals surface area contributed by atoms with Crippen LogP contribution >= 0.6 is 22.6 Å². The fourth-order valence-corrected chi connectivity index (χ4v) is 3.47. The van der Waals surface area contributed by atoms with E-state index in [0.29, 0.717) is 0 Å². The van der Waals surface area contributed by atoms with Crippen LogP contribution in [0.2, 0.25) is 0 Å². The lowest BCUT2D eigenvalue weighted by Crippen LogP contribution is -1.96. The molecular formula is C19H13IO. The maximum Gasteiger partial charge on any atom is 0.106 e. The van der Waals surface area contributed by atoms with Gasteiger partial charge in [0.25, 0.3) is 0 Å². The van der Waals surface area contributed by atoms with E-state index in [4.69, 9.17) is 0 Å². The number of fused-ring (bicyclic) bond motifs is 3. The second kappa shape index (κ2) is 4.97. The van der Waals surface area contributed by atoms with Gasteiger partial charge in [-0.25, -0.2) is 0 Å². The van der Waals surface area contributed by atoms with E-state index in [1.807, 2.05) is 18.2 Å². The van der Waals surface area contributed by atoms with Crippen LogP contribution in [0.5, 0.6) is 0 Å². The van der Waals surface area contributed by atoms with Gasteiger partial charge in [-0.3, -0.25) is 0 Å². The van der Waals surface area contributed by atoms with Crippen molar-refractivity contribution in [2.75, 3.05) is 0 Å². The summed E-state index contributed by atoms with van der Waals surface area (Å²) in [6.45, 7) is 0. The van der Waals surface area contributed by atoms with Gasteiger partial charge in [0.15, 0.2) is 0 Å². The highest BCUT2D eigenvalue weighted by Gasteiger charge is 2.29. The van der Waals surface area contributed by atoms with Crippen LogP contribution < -0.4 is 0 Å². The predicted octanol–water partition coefficient (Wildman–Crippen LogP) is 5.02. The molecule has 0 radical (unpaired) electrons. The quantitative estimate of drug-likeness (QED) is 0.585. The summed E-state index contributed by atoms with van der Waals surface area (Å²) in [7, 11) is 0. The Morgan fingerprint density at radius 3 is 2.19 bits per heavy atom. The van der Waals surface area contributed by atoms with E-state index in [-0.39, 0.29) is 0 Å². The maximum absolute atomic E-state index is 10.7. The molecule has 21 heavy (non-hydrogen) atoms. The first-order chi connectivity index (χ1) is 10.3. The minimum Gasteiger partial charge on any atom is -0.384 e. The Bertz CT molecular complexity index is 821. The molecule has 1 aliphatic rings. The Labute approximate surface area is 137 Å². The summed E-state index contributed by atoms with van der Waals surface area (Å²) in [5.74, 6) is 0. The van der Waals surface area contributed by atoms with Gasteiger partial charge in [0.2, 0.25) is 0 Å². The number of aliphatic hydroxyl groups is 1. The summed E-state index contributed by atoms with van der Waals surface area (Å²) in [5, 5.41) is 10.7. The Hall–Kier alpha value is -1.65. The molecule has 4 rings (SSSR count). The predicted molar refractivity (Wildman–Crippen MR) is 94.1 cm³/mol. The molecule has 1 unspecified atom stereocenters. The highest BCUT2D eigenvalue weighted by atomic mass is 127. The van der Waals surface area contributed by atoms with Crippen molar-refractivity contribution in [3.8, 4) is 22.3 Å². The van der Waals surface area contributed by atoms with Crippen molar-refractivity contribution in [3.05, 3.63) is 81.4 Å². The van der Waals surface area contributed by atoms with Crippen LogP contribution in [0.4, 0.5) is 0 Å². The monoisotopic (exact) mass is 384 g/mol. The van der Waals surface area contributed by atoms with Crippen molar-refractivity contribution in [1.29, 1.82) is 0 Å². The van der Waals surface area contributed by atoms with Gasteiger partial charge in [-0.05, 0) is 62.5 Å². The zero-order valence-corrected chi connectivity index (χ0v) is 13.4. The van der Waals surface area contributed by atoms with Gasteiger partial charge in [0.1, 0.15) is 6.10 Å². The van der Waals surface area contributed by atoms with E-state index >= 15 is 0 Å². The molecule has 102 valence electrons. The molecule has 0 amide bonds. The molecule has 2 heteroatoms. The second-order valence-corrected chi connectivity index (χ2v) is 6.51. The van der Waals surface area contributed by atoms with Crippen molar-refractivity contribution in [1.82, 2.24) is 0 Å². The third kappa shape index (κ3) is 2.01. The molecule has 3 aromatic carbocycles. The molecule has 0 aliphatic heterocycles. The number of hydrogen-bond donors (Lipinski definition) is 1. The maximum atomic E-state index is 10.7. The van der Waals surface area contributed by atoms with Gasteiger partial charge in [-0.1, -0.05) is 54.6 Å². The summed E-state index contributed by atoms with van der Waals surface area (Å²) in [6.07, 6.45) is -0.535. The summed E-state index contributed by atoms with van der Waals surface area (Å²) < 4.78 is 1.22. The zero-order valence-electron chi connectivity index (χ0n) is 11.3. The lowest BCUT2D eigenvalue weighted by atomic mass is 9.95. The molecule has 1 atom stereocenters. The Morgan fingerprint density at radius 2 is 1.38 bits per heavy atom. The molecule has 0 spiro atoms. The highest BCUT2D eigenvalue weighted by molar-refractivity contribution is 14.1. The smallest absolute Gasteiger partial charge is 0.106 e. The lowest BCUT2D eigenvalue weighted by Gasteiger charge is -2.12. The van der Waals surface area contributed by atoms with E-state index in [0.717, 1.165) is 33.4 Å². The van der Waals surface area contributed by atoms with Crippen LogP contribution in [-0.4, -0.2) is 5.11 Å². The molecular weight excluding hydrogens is 371 g/mol. The van der Waals surface area contributed by atoms with E-state index < -0.39 is 6.10 Å². The molecule has 0 saturated heterocycles. The van der Waals surface area contributed by atoms with Crippen molar-refractivity contribution in [3.63, 3.8) is 0 Å². The first-order valence-corrected chi connectivity index (χ1v) is 8.00. The third-order valence-electron chi connectivity index (χ3n) is 4.08. The van der Waals surface area contributed by atoms with Crippen LogP contribution in [0.25, 0.3) is 22.3 Å². The minimum atomic E-state index is -0.535. The van der Waals surface area contributed by atoms with Crippen molar-refractivity contribution >= 4 is 22.6 Å². The zero-order chi connectivity index (χ0) is 14.4. The highest BCUT2D eigenvalue weighted by Crippen LogP contribution is 2.47. The number of hydrogen-bond acceptors (Lipinski definition) is 1. The number of benzene rings is 3. The summed E-state index contributed by atoms with van der Waals surface area (Å²) in [4.78, 5) is 0. The first-order valence-electron chi connectivity index (χ1n) is 6.92. The average Bonchev–Trinajstić information content (AvgIpc) is 2.82. The SMILES string of the molecule is OC1c2ccccc2-c2cccc(-c3ccc(I)cc3)c21. The van der Waals surface area contributed by atoms with Crippen LogP contribution in [0.1, 0.15) is 17.2 Å². The molecule has 0 fully saturated rings. The standard InChI is InChI=1S/C19H13IO/c20-13-10-8-12(9-11-13)14-6-3-7-16-15-4-1-2-5-17(15)19(21)18(14)16/h1-11,19,21H. The van der Waals surface area contributed by atoms with Crippen molar-refractivity contribution in [2.24, 2.45) is 0 Å². The first kappa shape index (κ1) is 13.0. The Morgan fingerprint density at radius 1 is 0.714 bits per heavy atom. The van der Waals surface area contributed by atoms with Crippen molar-refractivity contribution in [2.45, 2.75) is 6.10 Å². The molecule has 0 bridgehead atoms. The van der Waals surface area contributed by atoms with E-state index in [1.54, 1.807) is 0 Å². The number of halogens is 1. The molecule has 1 N–H and O–H groups in total. The van der Waals surface area contributed by atoms with Gasteiger partial charge >= 0.3 is 0 Å². The fraction of sp³-hybridized carbons (Fsp3) is 0.0526. The fourth-order valence-electron chi connectivity index (χ4n) is 3.11. The van der Waals surface area contributed by atoms with E-state index in [9.17, 15) is 5.11 Å². The van der Waals surface area contributed by atoms with E-state index in [1.165, 1.54) is 3.57 Å². The topological polar surface area (TPSA) is 20.2 Å². The van der Waals surface area contributed by atoms with Crippen LogP contribution in [0.15, 0.2) is 66.7 Å². The van der Waals surface area contributed by atoms with Crippen LogP contribution in [0, 0.1) is 3.57 Å². The summed E-state index contributed by atoms with van der Waals surface area (Å²) in [5.41, 5.74) is 6.60. The summed E-state index contributed by atoms with van der Waals surface area (Å²) >= 11 is 2.31. The van der Waals surface area contributed by atoms with Gasteiger partial charge in [-0.2, -0.15) is 0 Å². The molecule has 0 heterocycles. The second-order valence-electron chi connectivity index (χ2n) is 5.26. The normalized spacial score (nSPS) is 15.6. The largest absolute Gasteiger partial charge is 0.384 e. The minimum absolute atomic E-state index is 0.535. The summed E-state index contributed by atoms with van der Waals surface area (Å²) in [6, 6.07) is 22.8. The molecule has 3 aromatic rings. The Balaban J connectivity index is 1.96. The van der Waals surface area contributed by atoms with Gasteiger partial charge < -0.3 is 5.11 Å². The number of aliphatic hydroxyl groups excluding tert-OH is 1. The molecule has 1 nitrogen and oxygen atoms in total. The number of rotatable bonds is 1.